The van der Waals surface area contributed by atoms with E-state index in [0.29, 0.717) is 18.7 Å². The molecule has 0 radical (unpaired) electrons. The van der Waals surface area contributed by atoms with Gasteiger partial charge in [-0.15, -0.1) is 0 Å². The monoisotopic (exact) mass is 378 g/mol. The Morgan fingerprint density at radius 3 is 2.43 bits per heavy atom. The minimum absolute atomic E-state index is 0.0210. The van der Waals surface area contributed by atoms with Gasteiger partial charge in [-0.25, -0.2) is 9.97 Å². The van der Waals surface area contributed by atoms with Gasteiger partial charge < -0.3 is 10.0 Å². The van der Waals surface area contributed by atoms with Crippen LogP contribution >= 0.6 is 0 Å². The average Bonchev–Trinajstić information content (AvgIpc) is 3.35. The SMILES string of the molecule is O=C(c1cncnc1)N1CCC2(CC1)c1ccccc1[C@@H](N1CCCC1)[C@@H]2O. The van der Waals surface area contributed by atoms with Crippen molar-refractivity contribution in [3.63, 3.8) is 0 Å². The number of hydrogen-bond donors (Lipinski definition) is 1. The Labute approximate surface area is 165 Å². The Morgan fingerprint density at radius 2 is 1.71 bits per heavy atom. The molecule has 1 aromatic heterocycles. The summed E-state index contributed by atoms with van der Waals surface area (Å²) in [5.41, 5.74) is 2.84. The summed E-state index contributed by atoms with van der Waals surface area (Å²) in [5, 5.41) is 11.5. The van der Waals surface area contributed by atoms with Gasteiger partial charge in [0.2, 0.25) is 0 Å². The summed E-state index contributed by atoms with van der Waals surface area (Å²) < 4.78 is 0. The van der Waals surface area contributed by atoms with Crippen LogP contribution in [0.5, 0.6) is 0 Å². The minimum atomic E-state index is -0.416. The molecule has 6 nitrogen and oxygen atoms in total. The zero-order valence-electron chi connectivity index (χ0n) is 16.0. The maximum Gasteiger partial charge on any atom is 0.256 e. The van der Waals surface area contributed by atoms with Crippen LogP contribution in [0.1, 0.15) is 53.2 Å². The number of benzene rings is 1. The molecule has 1 spiro atoms. The van der Waals surface area contributed by atoms with Crippen LogP contribution in [0.2, 0.25) is 0 Å². The Bertz CT molecular complexity index is 858. The van der Waals surface area contributed by atoms with Crippen molar-refractivity contribution in [2.45, 2.75) is 43.2 Å². The summed E-state index contributed by atoms with van der Waals surface area (Å²) in [5.74, 6) is -0.0210. The minimum Gasteiger partial charge on any atom is -0.390 e. The molecule has 0 saturated carbocycles. The van der Waals surface area contributed by atoms with Crippen molar-refractivity contribution in [2.24, 2.45) is 0 Å². The standard InChI is InChI=1S/C22H26N4O2/c27-20-19(25-9-3-4-10-25)17-5-1-2-6-18(17)22(20)7-11-26(12-8-22)21(28)16-13-23-15-24-14-16/h1-2,5-6,13-15,19-20,27H,3-4,7-12H2/t19-,20+/m1/s1. The first kappa shape index (κ1) is 17.8. The van der Waals surface area contributed by atoms with Gasteiger partial charge in [-0.1, -0.05) is 24.3 Å². The van der Waals surface area contributed by atoms with Gasteiger partial charge >= 0.3 is 0 Å². The molecule has 2 aromatic rings. The van der Waals surface area contributed by atoms with E-state index in [1.807, 2.05) is 4.90 Å². The molecule has 6 heteroatoms. The fourth-order valence-corrected chi connectivity index (χ4v) is 5.52. The van der Waals surface area contributed by atoms with Gasteiger partial charge in [-0.05, 0) is 49.9 Å². The van der Waals surface area contributed by atoms with E-state index in [0.717, 1.165) is 25.9 Å². The zero-order chi connectivity index (χ0) is 19.1. The van der Waals surface area contributed by atoms with E-state index >= 15 is 0 Å². The Hall–Kier alpha value is -2.31. The number of rotatable bonds is 2. The quantitative estimate of drug-likeness (QED) is 0.867. The molecule has 3 aliphatic rings. The van der Waals surface area contributed by atoms with E-state index in [2.05, 4.69) is 39.1 Å². The molecular weight excluding hydrogens is 352 g/mol. The molecule has 28 heavy (non-hydrogen) atoms. The molecule has 1 N–H and O–H groups in total. The summed E-state index contributed by atoms with van der Waals surface area (Å²) in [6.45, 7) is 3.41. The third kappa shape index (κ3) is 2.66. The van der Waals surface area contributed by atoms with Crippen molar-refractivity contribution < 1.29 is 9.90 Å². The lowest BCUT2D eigenvalue weighted by Gasteiger charge is -2.43. The van der Waals surface area contributed by atoms with E-state index < -0.39 is 6.10 Å². The van der Waals surface area contributed by atoms with Crippen molar-refractivity contribution in [3.8, 4) is 0 Å². The van der Waals surface area contributed by atoms with Gasteiger partial charge in [0.05, 0.1) is 17.7 Å². The highest BCUT2D eigenvalue weighted by atomic mass is 16.3. The molecule has 0 bridgehead atoms. The summed E-state index contributed by atoms with van der Waals surface area (Å²) in [6.07, 6.45) is 8.15. The smallest absolute Gasteiger partial charge is 0.256 e. The van der Waals surface area contributed by atoms with Gasteiger partial charge in [0.1, 0.15) is 6.33 Å². The first-order valence-electron chi connectivity index (χ1n) is 10.3. The highest BCUT2D eigenvalue weighted by Gasteiger charge is 2.54. The fraction of sp³-hybridized carbons (Fsp3) is 0.500. The van der Waals surface area contributed by atoms with Gasteiger partial charge in [-0.2, -0.15) is 0 Å². The summed E-state index contributed by atoms with van der Waals surface area (Å²) in [7, 11) is 0. The summed E-state index contributed by atoms with van der Waals surface area (Å²) in [6, 6.07) is 8.63. The number of carbonyl (C=O) groups excluding carboxylic acids is 1. The Kier molecular flexibility index (Phi) is 4.40. The van der Waals surface area contributed by atoms with Crippen molar-refractivity contribution in [1.82, 2.24) is 19.8 Å². The molecule has 2 aliphatic heterocycles. The lowest BCUT2D eigenvalue weighted by atomic mass is 9.72. The van der Waals surface area contributed by atoms with Crippen LogP contribution in [-0.4, -0.2) is 63.1 Å². The second-order valence-corrected chi connectivity index (χ2v) is 8.30. The van der Waals surface area contributed by atoms with Crippen LogP contribution in [0, 0.1) is 0 Å². The second kappa shape index (κ2) is 6.94. The number of likely N-dealkylation sites (tertiary alicyclic amines) is 2. The van der Waals surface area contributed by atoms with Crippen molar-refractivity contribution in [2.75, 3.05) is 26.2 Å². The summed E-state index contributed by atoms with van der Waals surface area (Å²) in [4.78, 5) is 25.0. The lowest BCUT2D eigenvalue weighted by molar-refractivity contribution is -0.00776. The number of piperidine rings is 1. The first-order valence-corrected chi connectivity index (χ1v) is 10.3. The predicted molar refractivity (Wildman–Crippen MR) is 105 cm³/mol. The second-order valence-electron chi connectivity index (χ2n) is 8.30. The molecule has 5 rings (SSSR count). The van der Waals surface area contributed by atoms with Crippen molar-refractivity contribution in [1.29, 1.82) is 0 Å². The number of amides is 1. The number of fused-ring (bicyclic) bond motifs is 2. The normalized spacial score (nSPS) is 26.5. The molecule has 2 atom stereocenters. The molecule has 146 valence electrons. The van der Waals surface area contributed by atoms with Gasteiger partial charge in [-0.3, -0.25) is 9.69 Å². The molecule has 2 fully saturated rings. The number of aliphatic hydroxyl groups is 1. The number of aliphatic hydroxyl groups excluding tert-OH is 1. The van der Waals surface area contributed by atoms with Crippen LogP contribution in [-0.2, 0) is 5.41 Å². The van der Waals surface area contributed by atoms with Crippen LogP contribution in [0.15, 0.2) is 43.0 Å². The van der Waals surface area contributed by atoms with E-state index in [1.54, 1.807) is 12.4 Å². The highest BCUT2D eigenvalue weighted by Crippen LogP contribution is 2.53. The molecule has 2 saturated heterocycles. The molecule has 3 heterocycles. The molecular formula is C22H26N4O2. The third-order valence-electron chi connectivity index (χ3n) is 6.97. The number of hydrogen-bond acceptors (Lipinski definition) is 5. The average molecular weight is 378 g/mol. The lowest BCUT2D eigenvalue weighted by Crippen LogP contribution is -2.50. The van der Waals surface area contributed by atoms with Crippen molar-refractivity contribution in [3.05, 3.63) is 59.7 Å². The van der Waals surface area contributed by atoms with Gasteiger partial charge in [0.15, 0.2) is 0 Å². The molecule has 1 amide bonds. The summed E-state index contributed by atoms with van der Waals surface area (Å²) >= 11 is 0. The number of nitrogens with zero attached hydrogens (tertiary/aromatic N) is 4. The van der Waals surface area contributed by atoms with Crippen molar-refractivity contribution >= 4 is 5.91 Å². The van der Waals surface area contributed by atoms with Crippen LogP contribution in [0.3, 0.4) is 0 Å². The van der Waals surface area contributed by atoms with Crippen LogP contribution in [0.4, 0.5) is 0 Å². The van der Waals surface area contributed by atoms with E-state index in [1.165, 1.54) is 30.3 Å². The topological polar surface area (TPSA) is 69.6 Å². The molecule has 0 unspecified atom stereocenters. The maximum atomic E-state index is 12.8. The largest absolute Gasteiger partial charge is 0.390 e. The van der Waals surface area contributed by atoms with Crippen LogP contribution < -0.4 is 0 Å². The van der Waals surface area contributed by atoms with Gasteiger partial charge in [0.25, 0.3) is 5.91 Å². The zero-order valence-corrected chi connectivity index (χ0v) is 16.0. The maximum absolute atomic E-state index is 12.8. The predicted octanol–water partition coefficient (Wildman–Crippen LogP) is 2.16. The number of carbonyl (C=O) groups is 1. The third-order valence-corrected chi connectivity index (χ3v) is 6.97. The van der Waals surface area contributed by atoms with Gasteiger partial charge in [0, 0.05) is 30.9 Å². The van der Waals surface area contributed by atoms with E-state index in [4.69, 9.17) is 0 Å². The number of aromatic nitrogens is 2. The Morgan fingerprint density at radius 1 is 1.04 bits per heavy atom. The van der Waals surface area contributed by atoms with E-state index in [-0.39, 0.29) is 17.4 Å². The fourth-order valence-electron chi connectivity index (χ4n) is 5.52. The highest BCUT2D eigenvalue weighted by molar-refractivity contribution is 5.93. The molecule has 1 aliphatic carbocycles. The Balaban J connectivity index is 1.41. The van der Waals surface area contributed by atoms with E-state index in [9.17, 15) is 9.90 Å². The van der Waals surface area contributed by atoms with Crippen LogP contribution in [0.25, 0.3) is 0 Å². The molecule has 1 aromatic carbocycles. The first-order chi connectivity index (χ1) is 13.7.